The second-order valence-electron chi connectivity index (χ2n) is 5.06. The topological polar surface area (TPSA) is 67.8 Å². The Morgan fingerprint density at radius 2 is 1.81 bits per heavy atom. The summed E-state index contributed by atoms with van der Waals surface area (Å²) < 4.78 is 9.75. The highest BCUT2D eigenvalue weighted by Crippen LogP contribution is 2.42. The number of carbonyl (C=O) groups is 1. The Morgan fingerprint density at radius 1 is 1.14 bits per heavy atom. The van der Waals surface area contributed by atoms with E-state index in [9.17, 15) is 9.69 Å². The van der Waals surface area contributed by atoms with Crippen molar-refractivity contribution in [2.45, 2.75) is 64.7 Å². The normalized spacial score (nSPS) is 13.9. The molecule has 1 atom stereocenters. The number of rotatable bonds is 14. The molecule has 0 aromatic heterocycles. The van der Waals surface area contributed by atoms with Crippen LogP contribution in [-0.2, 0) is 25.6 Å². The van der Waals surface area contributed by atoms with Crippen molar-refractivity contribution in [3.63, 3.8) is 0 Å². The molecule has 0 radical (unpaired) electrons. The minimum atomic E-state index is -2.99. The van der Waals surface area contributed by atoms with Crippen LogP contribution < -0.4 is 5.32 Å². The van der Waals surface area contributed by atoms with E-state index in [2.05, 4.69) is 16.8 Å². The van der Waals surface area contributed by atoms with Gasteiger partial charge in [0.25, 0.3) is 0 Å². The number of amides is 1. The first-order valence-electron chi connectivity index (χ1n) is 7.81. The fourth-order valence-electron chi connectivity index (χ4n) is 1.84. The SMILES string of the molecule is CCCCCCC(=O)NCCCCCCOP(O)(=S)OC. The van der Waals surface area contributed by atoms with Crippen LogP contribution >= 0.6 is 6.72 Å². The van der Waals surface area contributed by atoms with Gasteiger partial charge in [-0.1, -0.05) is 39.0 Å². The van der Waals surface area contributed by atoms with Crippen LogP contribution in [0.1, 0.15) is 64.7 Å². The maximum atomic E-state index is 11.5. The lowest BCUT2D eigenvalue weighted by Crippen LogP contribution is -2.23. The van der Waals surface area contributed by atoms with Gasteiger partial charge in [0, 0.05) is 20.1 Å². The van der Waals surface area contributed by atoms with E-state index in [1.165, 1.54) is 20.0 Å². The Balaban J connectivity index is 3.28. The van der Waals surface area contributed by atoms with Crippen molar-refractivity contribution in [3.8, 4) is 0 Å². The summed E-state index contributed by atoms with van der Waals surface area (Å²) in [5.41, 5.74) is 0. The van der Waals surface area contributed by atoms with Crippen molar-refractivity contribution in [1.29, 1.82) is 0 Å². The first-order chi connectivity index (χ1) is 10.0. The second kappa shape index (κ2) is 13.6. The molecule has 1 amide bonds. The van der Waals surface area contributed by atoms with E-state index in [0.29, 0.717) is 13.0 Å². The smallest absolute Gasteiger partial charge is 0.324 e. The molecule has 2 N–H and O–H groups in total. The molecule has 0 bridgehead atoms. The lowest BCUT2D eigenvalue weighted by atomic mass is 10.1. The number of nitrogens with one attached hydrogen (secondary N) is 1. The van der Waals surface area contributed by atoms with Crippen molar-refractivity contribution in [3.05, 3.63) is 0 Å². The van der Waals surface area contributed by atoms with Crippen LogP contribution in [0.5, 0.6) is 0 Å². The maximum absolute atomic E-state index is 11.5. The summed E-state index contributed by atoms with van der Waals surface area (Å²) in [6, 6.07) is 0. The van der Waals surface area contributed by atoms with Gasteiger partial charge < -0.3 is 19.3 Å². The molecule has 0 aromatic carbocycles. The van der Waals surface area contributed by atoms with Crippen LogP contribution in [0, 0.1) is 0 Å². The third-order valence-electron chi connectivity index (χ3n) is 3.14. The largest absolute Gasteiger partial charge is 0.356 e. The van der Waals surface area contributed by atoms with E-state index in [1.54, 1.807) is 0 Å². The van der Waals surface area contributed by atoms with Gasteiger partial charge in [-0.3, -0.25) is 4.79 Å². The van der Waals surface area contributed by atoms with Gasteiger partial charge in [0.05, 0.1) is 6.61 Å². The zero-order valence-corrected chi connectivity index (χ0v) is 15.0. The van der Waals surface area contributed by atoms with Crippen LogP contribution in [0.2, 0.25) is 0 Å². The molecule has 1 unspecified atom stereocenters. The van der Waals surface area contributed by atoms with Crippen molar-refractivity contribution < 1.29 is 18.7 Å². The van der Waals surface area contributed by atoms with Gasteiger partial charge in [-0.15, -0.1) is 0 Å². The molecule has 126 valence electrons. The zero-order chi connectivity index (χ0) is 16.0. The van der Waals surface area contributed by atoms with Gasteiger partial charge >= 0.3 is 6.72 Å². The minimum absolute atomic E-state index is 0.163. The van der Waals surface area contributed by atoms with Crippen LogP contribution in [-0.4, -0.2) is 31.1 Å². The summed E-state index contributed by atoms with van der Waals surface area (Å²) in [4.78, 5) is 20.9. The first kappa shape index (κ1) is 21.0. The van der Waals surface area contributed by atoms with Crippen LogP contribution in [0.25, 0.3) is 0 Å². The van der Waals surface area contributed by atoms with E-state index in [-0.39, 0.29) is 5.91 Å². The Kier molecular flexibility index (Phi) is 13.6. The summed E-state index contributed by atoms with van der Waals surface area (Å²) in [6.45, 7) is 0.338. The predicted molar refractivity (Wildman–Crippen MR) is 89.7 cm³/mol. The minimum Gasteiger partial charge on any atom is -0.356 e. The Bertz CT molecular complexity index is 315. The van der Waals surface area contributed by atoms with E-state index in [0.717, 1.165) is 45.1 Å². The lowest BCUT2D eigenvalue weighted by Gasteiger charge is -2.12. The van der Waals surface area contributed by atoms with Crippen LogP contribution in [0.15, 0.2) is 0 Å². The molecule has 0 saturated carbocycles. The van der Waals surface area contributed by atoms with E-state index < -0.39 is 6.72 Å². The Labute approximate surface area is 134 Å². The summed E-state index contributed by atoms with van der Waals surface area (Å²) in [7, 11) is 1.35. The van der Waals surface area contributed by atoms with Gasteiger partial charge in [0.15, 0.2) is 0 Å². The third kappa shape index (κ3) is 14.7. The molecule has 5 nitrogen and oxygen atoms in total. The highest BCUT2D eigenvalue weighted by Gasteiger charge is 2.10. The second-order valence-corrected chi connectivity index (χ2v) is 8.00. The monoisotopic (exact) mass is 339 g/mol. The lowest BCUT2D eigenvalue weighted by molar-refractivity contribution is -0.121. The molecular formula is C14H30NO4PS. The highest BCUT2D eigenvalue weighted by molar-refractivity contribution is 8.07. The number of hydrogen-bond acceptors (Lipinski definition) is 4. The molecule has 0 aliphatic carbocycles. The Hall–Kier alpha value is -0.0000000000000000763. The molecule has 21 heavy (non-hydrogen) atoms. The molecule has 0 aromatic rings. The Morgan fingerprint density at radius 3 is 2.48 bits per heavy atom. The van der Waals surface area contributed by atoms with Gasteiger partial charge in [0.1, 0.15) is 0 Å². The third-order valence-corrected chi connectivity index (χ3v) is 4.87. The van der Waals surface area contributed by atoms with Gasteiger partial charge in [0.2, 0.25) is 5.91 Å². The predicted octanol–water partition coefficient (Wildman–Crippen LogP) is 3.51. The molecule has 0 saturated heterocycles. The molecule has 0 fully saturated rings. The van der Waals surface area contributed by atoms with E-state index >= 15 is 0 Å². The fourth-order valence-corrected chi connectivity index (χ4v) is 2.53. The first-order valence-corrected chi connectivity index (χ1v) is 10.4. The van der Waals surface area contributed by atoms with Crippen molar-refractivity contribution in [1.82, 2.24) is 5.32 Å². The molecule has 0 rings (SSSR count). The molecule has 0 spiro atoms. The van der Waals surface area contributed by atoms with E-state index in [4.69, 9.17) is 16.3 Å². The maximum Gasteiger partial charge on any atom is 0.324 e. The van der Waals surface area contributed by atoms with Crippen molar-refractivity contribution in [2.24, 2.45) is 0 Å². The average Bonchev–Trinajstić information content (AvgIpc) is 2.46. The fraction of sp³-hybridized carbons (Fsp3) is 0.929. The quantitative estimate of drug-likeness (QED) is 0.374. The van der Waals surface area contributed by atoms with Crippen molar-refractivity contribution in [2.75, 3.05) is 20.3 Å². The summed E-state index contributed by atoms with van der Waals surface area (Å²) in [5.74, 6) is 0.163. The number of hydrogen-bond donors (Lipinski definition) is 2. The summed E-state index contributed by atoms with van der Waals surface area (Å²) in [6.07, 6.45) is 9.01. The zero-order valence-electron chi connectivity index (χ0n) is 13.3. The molecular weight excluding hydrogens is 309 g/mol. The summed E-state index contributed by atoms with van der Waals surface area (Å²) >= 11 is 4.72. The molecule has 0 aliphatic rings. The molecule has 7 heteroatoms. The standard InChI is InChI=1S/C14H30NO4PS/c1-3-4-5-8-11-14(16)15-12-9-6-7-10-13-19-20(17,21)18-2/h3-13H2,1-2H3,(H,15,16)(H,17,21). The van der Waals surface area contributed by atoms with Crippen molar-refractivity contribution >= 4 is 24.4 Å². The van der Waals surface area contributed by atoms with E-state index in [1.807, 2.05) is 0 Å². The van der Waals surface area contributed by atoms with Gasteiger partial charge in [-0.05, 0) is 31.1 Å². The molecule has 0 heterocycles. The van der Waals surface area contributed by atoms with Gasteiger partial charge in [-0.25, -0.2) is 0 Å². The molecule has 0 aliphatic heterocycles. The highest BCUT2D eigenvalue weighted by atomic mass is 32.5. The van der Waals surface area contributed by atoms with Crippen LogP contribution in [0.4, 0.5) is 0 Å². The number of carbonyl (C=O) groups excluding carboxylic acids is 1. The average molecular weight is 339 g/mol. The van der Waals surface area contributed by atoms with Gasteiger partial charge in [-0.2, -0.15) is 0 Å². The van der Waals surface area contributed by atoms with Crippen LogP contribution in [0.3, 0.4) is 0 Å². The number of unbranched alkanes of at least 4 members (excludes halogenated alkanes) is 6. The summed E-state index contributed by atoms with van der Waals surface area (Å²) in [5, 5.41) is 2.94.